The Balaban J connectivity index is 1.94. The summed E-state index contributed by atoms with van der Waals surface area (Å²) in [5.41, 5.74) is 1.25. The summed E-state index contributed by atoms with van der Waals surface area (Å²) in [7, 11) is 1.96. The van der Waals surface area contributed by atoms with Crippen LogP contribution in [0.1, 0.15) is 81.6 Å². The molecule has 3 rings (SSSR count). The maximum Gasteiger partial charge on any atom is 0.144 e. The number of hydrogen-bond donors (Lipinski definition) is 1. The minimum absolute atomic E-state index is 0.550. The fourth-order valence-electron chi connectivity index (χ4n) is 3.97. The molecule has 0 spiro atoms. The van der Waals surface area contributed by atoms with Crippen LogP contribution in [0.3, 0.4) is 0 Å². The average molecular weight is 352 g/mol. The normalized spacial score (nSPS) is 27.0. The highest BCUT2D eigenvalue weighted by Crippen LogP contribution is 2.41. The van der Waals surface area contributed by atoms with E-state index in [9.17, 15) is 0 Å². The van der Waals surface area contributed by atoms with Crippen molar-refractivity contribution >= 4 is 21.7 Å². The third-order valence-corrected chi connectivity index (χ3v) is 5.96. The summed E-state index contributed by atoms with van der Waals surface area (Å²) >= 11 is 3.73. The minimum atomic E-state index is 0.550. The van der Waals surface area contributed by atoms with Gasteiger partial charge in [0.25, 0.3) is 0 Å². The molecule has 2 saturated carbocycles. The Bertz CT molecular complexity index is 497. The molecule has 2 fully saturated rings. The Morgan fingerprint density at radius 2 is 1.71 bits per heavy atom. The van der Waals surface area contributed by atoms with Gasteiger partial charge in [0, 0.05) is 18.9 Å². The number of nitrogens with one attached hydrogen (secondary N) is 1. The standard InChI is InChI=1S/C17H26BrN3/c1-11-6-5-9-13(10-11)16-20-15(12-7-3-4-8-12)14(18)17(19-2)21-16/h11-13H,3-10H2,1-2H3,(H,19,20,21). The van der Waals surface area contributed by atoms with Crippen molar-refractivity contribution in [2.45, 2.75) is 70.1 Å². The van der Waals surface area contributed by atoms with Crippen LogP contribution in [0, 0.1) is 5.92 Å². The first-order valence-electron chi connectivity index (χ1n) is 8.44. The molecule has 1 N–H and O–H groups in total. The van der Waals surface area contributed by atoms with Crippen molar-refractivity contribution < 1.29 is 0 Å². The molecule has 21 heavy (non-hydrogen) atoms. The van der Waals surface area contributed by atoms with Gasteiger partial charge in [0.1, 0.15) is 11.6 Å². The quantitative estimate of drug-likeness (QED) is 0.809. The summed E-state index contributed by atoms with van der Waals surface area (Å²) < 4.78 is 1.09. The molecule has 0 bridgehead atoms. The number of anilines is 1. The van der Waals surface area contributed by atoms with E-state index in [1.165, 1.54) is 57.1 Å². The number of hydrogen-bond acceptors (Lipinski definition) is 3. The second-order valence-corrected chi connectivity index (χ2v) is 7.62. The third kappa shape index (κ3) is 3.25. The van der Waals surface area contributed by atoms with Crippen LogP contribution in [0.2, 0.25) is 0 Å². The van der Waals surface area contributed by atoms with Crippen LogP contribution in [0.15, 0.2) is 4.47 Å². The Morgan fingerprint density at radius 1 is 1.00 bits per heavy atom. The van der Waals surface area contributed by atoms with Gasteiger partial charge in [-0.15, -0.1) is 0 Å². The highest BCUT2D eigenvalue weighted by molar-refractivity contribution is 9.10. The van der Waals surface area contributed by atoms with E-state index in [2.05, 4.69) is 28.2 Å². The summed E-state index contributed by atoms with van der Waals surface area (Å²) in [6.45, 7) is 2.36. The van der Waals surface area contributed by atoms with Crippen LogP contribution in [-0.4, -0.2) is 17.0 Å². The summed E-state index contributed by atoms with van der Waals surface area (Å²) in [4.78, 5) is 9.83. The number of aromatic nitrogens is 2. The maximum absolute atomic E-state index is 5.02. The van der Waals surface area contributed by atoms with Crippen molar-refractivity contribution in [3.8, 4) is 0 Å². The van der Waals surface area contributed by atoms with Gasteiger partial charge >= 0.3 is 0 Å². The van der Waals surface area contributed by atoms with E-state index in [0.717, 1.165) is 22.0 Å². The Hall–Kier alpha value is -0.640. The van der Waals surface area contributed by atoms with E-state index in [-0.39, 0.29) is 0 Å². The zero-order chi connectivity index (χ0) is 14.8. The van der Waals surface area contributed by atoms with E-state index >= 15 is 0 Å². The Labute approximate surface area is 136 Å². The van der Waals surface area contributed by atoms with Crippen LogP contribution in [0.5, 0.6) is 0 Å². The molecule has 0 radical (unpaired) electrons. The molecule has 4 heteroatoms. The smallest absolute Gasteiger partial charge is 0.144 e. The lowest BCUT2D eigenvalue weighted by Gasteiger charge is -2.27. The molecule has 2 unspecified atom stereocenters. The molecule has 0 amide bonds. The van der Waals surface area contributed by atoms with Crippen LogP contribution in [0.4, 0.5) is 5.82 Å². The topological polar surface area (TPSA) is 37.8 Å². The van der Waals surface area contributed by atoms with Gasteiger partial charge in [-0.05, 0) is 47.5 Å². The summed E-state index contributed by atoms with van der Waals surface area (Å²) in [6, 6.07) is 0. The van der Waals surface area contributed by atoms with Gasteiger partial charge in [-0.25, -0.2) is 9.97 Å². The molecule has 0 aliphatic heterocycles. The minimum Gasteiger partial charge on any atom is -0.372 e. The second-order valence-electron chi connectivity index (χ2n) is 6.83. The lowest BCUT2D eigenvalue weighted by molar-refractivity contribution is 0.334. The molecule has 0 saturated heterocycles. The van der Waals surface area contributed by atoms with E-state index in [0.29, 0.717) is 11.8 Å². The van der Waals surface area contributed by atoms with Gasteiger partial charge in [-0.1, -0.05) is 32.6 Å². The van der Waals surface area contributed by atoms with Gasteiger partial charge < -0.3 is 5.32 Å². The highest BCUT2D eigenvalue weighted by Gasteiger charge is 2.27. The third-order valence-electron chi connectivity index (χ3n) is 5.17. The van der Waals surface area contributed by atoms with Crippen LogP contribution < -0.4 is 5.32 Å². The van der Waals surface area contributed by atoms with Crippen molar-refractivity contribution in [1.82, 2.24) is 9.97 Å². The predicted molar refractivity (Wildman–Crippen MR) is 90.9 cm³/mol. The molecule has 2 atom stereocenters. The fourth-order valence-corrected chi connectivity index (χ4v) is 4.67. The maximum atomic E-state index is 5.02. The molecular weight excluding hydrogens is 326 g/mol. The number of nitrogens with zero attached hydrogens (tertiary/aromatic N) is 2. The average Bonchev–Trinajstić information content (AvgIpc) is 3.01. The Morgan fingerprint density at radius 3 is 2.38 bits per heavy atom. The van der Waals surface area contributed by atoms with Crippen molar-refractivity contribution in [2.75, 3.05) is 12.4 Å². The van der Waals surface area contributed by atoms with E-state index in [1.807, 2.05) is 7.05 Å². The van der Waals surface area contributed by atoms with Gasteiger partial charge in [0.15, 0.2) is 0 Å². The summed E-state index contributed by atoms with van der Waals surface area (Å²) in [5.74, 6) is 4.03. The lowest BCUT2D eigenvalue weighted by Crippen LogP contribution is -2.17. The van der Waals surface area contributed by atoms with Crippen molar-refractivity contribution in [3.63, 3.8) is 0 Å². The molecule has 2 aliphatic rings. The molecule has 2 aliphatic carbocycles. The van der Waals surface area contributed by atoms with Crippen LogP contribution in [-0.2, 0) is 0 Å². The van der Waals surface area contributed by atoms with E-state index < -0.39 is 0 Å². The number of rotatable bonds is 3. The molecule has 0 aromatic carbocycles. The van der Waals surface area contributed by atoms with Crippen LogP contribution >= 0.6 is 15.9 Å². The summed E-state index contributed by atoms with van der Waals surface area (Å²) in [5, 5.41) is 3.25. The second kappa shape index (κ2) is 6.64. The van der Waals surface area contributed by atoms with Crippen molar-refractivity contribution in [1.29, 1.82) is 0 Å². The zero-order valence-electron chi connectivity index (χ0n) is 13.2. The molecule has 1 aromatic heterocycles. The predicted octanol–water partition coefficient (Wildman–Crippen LogP) is 5.23. The largest absolute Gasteiger partial charge is 0.372 e. The SMILES string of the molecule is CNc1nc(C2CCCC(C)C2)nc(C2CCCC2)c1Br. The first-order chi connectivity index (χ1) is 10.2. The first-order valence-corrected chi connectivity index (χ1v) is 9.23. The van der Waals surface area contributed by atoms with Gasteiger partial charge in [0.2, 0.25) is 0 Å². The van der Waals surface area contributed by atoms with E-state index in [4.69, 9.17) is 9.97 Å². The van der Waals surface area contributed by atoms with Crippen LogP contribution in [0.25, 0.3) is 0 Å². The van der Waals surface area contributed by atoms with Gasteiger partial charge in [0.05, 0.1) is 10.2 Å². The fraction of sp³-hybridized carbons (Fsp3) is 0.765. The monoisotopic (exact) mass is 351 g/mol. The molecular formula is C17H26BrN3. The summed E-state index contributed by atoms with van der Waals surface area (Å²) in [6.07, 6.45) is 10.4. The van der Waals surface area contributed by atoms with Crippen molar-refractivity contribution in [2.24, 2.45) is 5.92 Å². The molecule has 1 aromatic rings. The Kier molecular flexibility index (Phi) is 4.82. The van der Waals surface area contributed by atoms with E-state index in [1.54, 1.807) is 0 Å². The van der Waals surface area contributed by atoms with Gasteiger partial charge in [-0.2, -0.15) is 0 Å². The molecule has 1 heterocycles. The zero-order valence-corrected chi connectivity index (χ0v) is 14.7. The first kappa shape index (κ1) is 15.3. The van der Waals surface area contributed by atoms with Gasteiger partial charge in [-0.3, -0.25) is 0 Å². The molecule has 116 valence electrons. The highest BCUT2D eigenvalue weighted by atomic mass is 79.9. The lowest BCUT2D eigenvalue weighted by atomic mass is 9.82. The molecule has 3 nitrogen and oxygen atoms in total. The van der Waals surface area contributed by atoms with Crippen molar-refractivity contribution in [3.05, 3.63) is 16.0 Å². The number of halogens is 1.